The Hall–Kier alpha value is -1.29. The molecule has 18 heavy (non-hydrogen) atoms. The van der Waals surface area contributed by atoms with E-state index in [0.29, 0.717) is 12.1 Å². The Bertz CT molecular complexity index is 416. The summed E-state index contributed by atoms with van der Waals surface area (Å²) in [7, 11) is 0. The lowest BCUT2D eigenvalue weighted by Crippen LogP contribution is -2.38. The molecule has 1 saturated carbocycles. The van der Waals surface area contributed by atoms with E-state index < -0.39 is 0 Å². The number of hydrogen-bond donors (Lipinski definition) is 2. The van der Waals surface area contributed by atoms with Crippen molar-refractivity contribution in [2.45, 2.75) is 44.2 Å². The summed E-state index contributed by atoms with van der Waals surface area (Å²) >= 11 is 0. The minimum Gasteiger partial charge on any atom is -0.349 e. The van der Waals surface area contributed by atoms with Crippen LogP contribution in [0.1, 0.15) is 48.6 Å². The largest absolute Gasteiger partial charge is 0.349 e. The highest BCUT2D eigenvalue weighted by atomic mass is 16.1. The molecule has 1 atom stereocenters. The molecule has 2 fully saturated rings. The minimum atomic E-state index is 0.0700. The summed E-state index contributed by atoms with van der Waals surface area (Å²) < 4.78 is 2.14. The lowest BCUT2D eigenvalue weighted by Gasteiger charge is -2.28. The third-order valence-electron chi connectivity index (χ3n) is 4.15. The molecule has 2 aliphatic rings. The predicted molar refractivity (Wildman–Crippen MR) is 70.7 cm³/mol. The lowest BCUT2D eigenvalue weighted by molar-refractivity contribution is 0.0935. The Balaban J connectivity index is 1.59. The first-order valence-corrected chi connectivity index (χ1v) is 7.03. The first kappa shape index (κ1) is 11.8. The molecule has 0 spiro atoms. The van der Waals surface area contributed by atoms with Gasteiger partial charge in [0, 0.05) is 24.8 Å². The summed E-state index contributed by atoms with van der Waals surface area (Å²) in [5.74, 6) is 0.0700. The first-order chi connectivity index (χ1) is 8.84. The SMILES string of the molecule is O=C(NCC1CCCN1)c1cccn1C1CCC1. The van der Waals surface area contributed by atoms with Gasteiger partial charge in [0.05, 0.1) is 0 Å². The van der Waals surface area contributed by atoms with Gasteiger partial charge in [0.2, 0.25) is 0 Å². The van der Waals surface area contributed by atoms with Crippen molar-refractivity contribution >= 4 is 5.91 Å². The van der Waals surface area contributed by atoms with Crippen LogP contribution in [0.5, 0.6) is 0 Å². The standard InChI is InChI=1S/C14H21N3O/c18-14(16-10-11-4-2-8-15-11)13-7-3-9-17(13)12-5-1-6-12/h3,7,9,11-12,15H,1-2,4-6,8,10H2,(H,16,18). The molecule has 2 N–H and O–H groups in total. The molecule has 1 unspecified atom stereocenters. The van der Waals surface area contributed by atoms with Gasteiger partial charge in [0.1, 0.15) is 5.69 Å². The van der Waals surface area contributed by atoms with Crippen molar-refractivity contribution in [3.63, 3.8) is 0 Å². The maximum Gasteiger partial charge on any atom is 0.267 e. The van der Waals surface area contributed by atoms with Crippen LogP contribution in [0, 0.1) is 0 Å². The van der Waals surface area contributed by atoms with Crippen LogP contribution in [0.4, 0.5) is 0 Å². The van der Waals surface area contributed by atoms with Crippen LogP contribution in [0.15, 0.2) is 18.3 Å². The van der Waals surface area contributed by atoms with Crippen LogP contribution < -0.4 is 10.6 Å². The molecule has 1 aromatic rings. The van der Waals surface area contributed by atoms with Gasteiger partial charge in [-0.05, 0) is 50.8 Å². The molecule has 1 amide bonds. The Kier molecular flexibility index (Phi) is 3.37. The Morgan fingerprint density at radius 1 is 1.39 bits per heavy atom. The van der Waals surface area contributed by atoms with Crippen LogP contribution in [-0.2, 0) is 0 Å². The molecule has 4 heteroatoms. The van der Waals surface area contributed by atoms with Gasteiger partial charge in [0.15, 0.2) is 0 Å². The van der Waals surface area contributed by atoms with Crippen molar-refractivity contribution in [2.75, 3.05) is 13.1 Å². The first-order valence-electron chi connectivity index (χ1n) is 7.03. The van der Waals surface area contributed by atoms with E-state index in [2.05, 4.69) is 15.2 Å². The van der Waals surface area contributed by atoms with Crippen LogP contribution in [0.2, 0.25) is 0 Å². The molecular weight excluding hydrogens is 226 g/mol. The Morgan fingerprint density at radius 2 is 2.28 bits per heavy atom. The van der Waals surface area contributed by atoms with Crippen molar-refractivity contribution in [1.82, 2.24) is 15.2 Å². The van der Waals surface area contributed by atoms with Crippen molar-refractivity contribution in [1.29, 1.82) is 0 Å². The van der Waals surface area contributed by atoms with Gasteiger partial charge in [0.25, 0.3) is 5.91 Å². The van der Waals surface area contributed by atoms with E-state index in [1.807, 2.05) is 18.3 Å². The highest BCUT2D eigenvalue weighted by Crippen LogP contribution is 2.32. The fourth-order valence-corrected chi connectivity index (χ4v) is 2.81. The van der Waals surface area contributed by atoms with Crippen molar-refractivity contribution < 1.29 is 4.79 Å². The molecule has 0 aromatic carbocycles. The second-order valence-corrected chi connectivity index (χ2v) is 5.39. The van der Waals surface area contributed by atoms with Gasteiger partial charge >= 0.3 is 0 Å². The topological polar surface area (TPSA) is 46.1 Å². The number of carbonyl (C=O) groups is 1. The molecule has 1 aromatic heterocycles. The third kappa shape index (κ3) is 2.29. The molecule has 4 nitrogen and oxygen atoms in total. The van der Waals surface area contributed by atoms with Crippen LogP contribution in [-0.4, -0.2) is 29.6 Å². The summed E-state index contributed by atoms with van der Waals surface area (Å²) in [5, 5.41) is 6.44. The van der Waals surface area contributed by atoms with E-state index >= 15 is 0 Å². The monoisotopic (exact) mass is 247 g/mol. The van der Waals surface area contributed by atoms with E-state index in [9.17, 15) is 4.79 Å². The zero-order valence-corrected chi connectivity index (χ0v) is 10.7. The van der Waals surface area contributed by atoms with E-state index in [-0.39, 0.29) is 5.91 Å². The number of aromatic nitrogens is 1. The van der Waals surface area contributed by atoms with Crippen LogP contribution >= 0.6 is 0 Å². The summed E-state index contributed by atoms with van der Waals surface area (Å²) in [6, 6.07) is 4.91. The van der Waals surface area contributed by atoms with Crippen molar-refractivity contribution in [3.8, 4) is 0 Å². The average molecular weight is 247 g/mol. The molecule has 0 bridgehead atoms. The van der Waals surface area contributed by atoms with Crippen molar-refractivity contribution in [2.24, 2.45) is 0 Å². The smallest absolute Gasteiger partial charge is 0.267 e. The van der Waals surface area contributed by atoms with Gasteiger partial charge in [-0.1, -0.05) is 0 Å². The average Bonchev–Trinajstić information content (AvgIpc) is 2.94. The minimum absolute atomic E-state index is 0.0700. The van der Waals surface area contributed by atoms with E-state index in [4.69, 9.17) is 0 Å². The molecule has 2 heterocycles. The van der Waals surface area contributed by atoms with Gasteiger partial charge in [-0.2, -0.15) is 0 Å². The molecular formula is C14H21N3O. The number of carbonyl (C=O) groups excluding carboxylic acids is 1. The maximum absolute atomic E-state index is 12.2. The number of rotatable bonds is 4. The highest BCUT2D eigenvalue weighted by Gasteiger charge is 2.23. The normalized spacial score (nSPS) is 23.9. The van der Waals surface area contributed by atoms with Crippen LogP contribution in [0.25, 0.3) is 0 Å². The fraction of sp³-hybridized carbons (Fsp3) is 0.643. The fourth-order valence-electron chi connectivity index (χ4n) is 2.81. The summed E-state index contributed by atoms with van der Waals surface area (Å²) in [4.78, 5) is 12.2. The Morgan fingerprint density at radius 3 is 2.94 bits per heavy atom. The predicted octanol–water partition coefficient (Wildman–Crippen LogP) is 1.69. The highest BCUT2D eigenvalue weighted by molar-refractivity contribution is 5.92. The van der Waals surface area contributed by atoms with Crippen molar-refractivity contribution in [3.05, 3.63) is 24.0 Å². The summed E-state index contributed by atoms with van der Waals surface area (Å²) in [6.07, 6.45) is 8.13. The van der Waals surface area contributed by atoms with E-state index in [1.165, 1.54) is 32.1 Å². The second-order valence-electron chi connectivity index (χ2n) is 5.39. The van der Waals surface area contributed by atoms with Gasteiger partial charge in [-0.25, -0.2) is 0 Å². The maximum atomic E-state index is 12.2. The quantitative estimate of drug-likeness (QED) is 0.850. The number of amides is 1. The number of nitrogens with zero attached hydrogens (tertiary/aromatic N) is 1. The van der Waals surface area contributed by atoms with Crippen LogP contribution in [0.3, 0.4) is 0 Å². The number of hydrogen-bond acceptors (Lipinski definition) is 2. The molecule has 0 radical (unpaired) electrons. The molecule has 1 aliphatic carbocycles. The molecule has 1 saturated heterocycles. The third-order valence-corrected chi connectivity index (χ3v) is 4.15. The summed E-state index contributed by atoms with van der Waals surface area (Å²) in [6.45, 7) is 1.83. The van der Waals surface area contributed by atoms with Gasteiger partial charge in [-0.3, -0.25) is 4.79 Å². The van der Waals surface area contributed by atoms with E-state index in [0.717, 1.165) is 18.8 Å². The molecule has 3 rings (SSSR count). The summed E-state index contributed by atoms with van der Waals surface area (Å²) in [5.41, 5.74) is 0.817. The lowest BCUT2D eigenvalue weighted by atomic mass is 9.93. The second kappa shape index (κ2) is 5.14. The van der Waals surface area contributed by atoms with Gasteiger partial charge < -0.3 is 15.2 Å². The number of nitrogens with one attached hydrogen (secondary N) is 2. The molecule has 1 aliphatic heterocycles. The zero-order valence-electron chi connectivity index (χ0n) is 10.7. The van der Waals surface area contributed by atoms with Gasteiger partial charge in [-0.15, -0.1) is 0 Å². The Labute approximate surface area is 108 Å². The zero-order chi connectivity index (χ0) is 12.4. The van der Waals surface area contributed by atoms with E-state index in [1.54, 1.807) is 0 Å². The molecule has 98 valence electrons.